The number of hydrogen-bond donors (Lipinski definition) is 1. The molecule has 3 aromatic rings. The second-order valence-corrected chi connectivity index (χ2v) is 6.63. The number of aromatic nitrogens is 3. The summed E-state index contributed by atoms with van der Waals surface area (Å²) in [7, 11) is 0. The molecule has 0 fully saturated rings. The molecule has 5 nitrogen and oxygen atoms in total. The third-order valence-electron chi connectivity index (χ3n) is 4.59. The van der Waals surface area contributed by atoms with Gasteiger partial charge in [-0.25, -0.2) is 0 Å². The van der Waals surface area contributed by atoms with Crippen LogP contribution in [-0.2, 0) is 0 Å². The third-order valence-corrected chi connectivity index (χ3v) is 4.59. The molecule has 0 aliphatic carbocycles. The summed E-state index contributed by atoms with van der Waals surface area (Å²) in [4.78, 5) is 1.46. The standard InChI is InChI=1S/C21H27N3O2/c1-3-5-6-7-10-16(4-2)26-17-13-14-20(21(25)15-17)24-22-18-11-8-9-12-19(18)23-24/h8-9,11-16,25H,3-7,10H2,1-2H3. The summed E-state index contributed by atoms with van der Waals surface area (Å²) in [5.74, 6) is 0.800. The van der Waals surface area contributed by atoms with E-state index in [1.54, 1.807) is 12.1 Å². The van der Waals surface area contributed by atoms with Gasteiger partial charge in [-0.3, -0.25) is 0 Å². The lowest BCUT2D eigenvalue weighted by Crippen LogP contribution is -2.15. The fourth-order valence-corrected chi connectivity index (χ4v) is 3.05. The Bertz CT molecular complexity index is 811. The first-order valence-electron chi connectivity index (χ1n) is 9.53. The van der Waals surface area contributed by atoms with Crippen molar-refractivity contribution in [2.45, 2.75) is 58.5 Å². The number of phenolic OH excluding ortho intramolecular Hbond substituents is 1. The fourth-order valence-electron chi connectivity index (χ4n) is 3.05. The van der Waals surface area contributed by atoms with Crippen LogP contribution in [0.1, 0.15) is 52.4 Å². The van der Waals surface area contributed by atoms with Gasteiger partial charge in [0.25, 0.3) is 0 Å². The number of hydrogen-bond acceptors (Lipinski definition) is 4. The van der Waals surface area contributed by atoms with Crippen LogP contribution < -0.4 is 4.74 Å². The highest BCUT2D eigenvalue weighted by molar-refractivity contribution is 5.73. The summed E-state index contributed by atoms with van der Waals surface area (Å²) in [5.41, 5.74) is 2.14. The maximum absolute atomic E-state index is 10.4. The highest BCUT2D eigenvalue weighted by Crippen LogP contribution is 2.28. The van der Waals surface area contributed by atoms with Crippen LogP contribution >= 0.6 is 0 Å². The van der Waals surface area contributed by atoms with Crippen LogP contribution in [0, 0.1) is 0 Å². The van der Waals surface area contributed by atoms with E-state index < -0.39 is 0 Å². The predicted octanol–water partition coefficient (Wildman–Crippen LogP) is 5.25. The number of benzene rings is 2. The topological polar surface area (TPSA) is 60.2 Å². The van der Waals surface area contributed by atoms with Gasteiger partial charge in [-0.15, -0.1) is 15.0 Å². The normalized spacial score (nSPS) is 12.4. The van der Waals surface area contributed by atoms with E-state index in [0.29, 0.717) is 11.4 Å². The molecule has 2 aromatic carbocycles. The summed E-state index contributed by atoms with van der Waals surface area (Å²) in [6.07, 6.45) is 7.13. The summed E-state index contributed by atoms with van der Waals surface area (Å²) in [6, 6.07) is 13.0. The molecule has 0 amide bonds. The van der Waals surface area contributed by atoms with Crippen LogP contribution in [0.4, 0.5) is 0 Å². The van der Waals surface area contributed by atoms with E-state index in [2.05, 4.69) is 24.0 Å². The van der Waals surface area contributed by atoms with Crippen LogP contribution in [0.5, 0.6) is 11.5 Å². The Morgan fingerprint density at radius 2 is 1.73 bits per heavy atom. The van der Waals surface area contributed by atoms with E-state index in [1.165, 1.54) is 30.5 Å². The maximum Gasteiger partial charge on any atom is 0.146 e. The van der Waals surface area contributed by atoms with Crippen molar-refractivity contribution < 1.29 is 9.84 Å². The molecule has 5 heteroatoms. The van der Waals surface area contributed by atoms with Crippen molar-refractivity contribution in [1.82, 2.24) is 15.0 Å². The molecule has 1 unspecified atom stereocenters. The number of aromatic hydroxyl groups is 1. The average molecular weight is 353 g/mol. The lowest BCUT2D eigenvalue weighted by Gasteiger charge is -2.18. The fraction of sp³-hybridized carbons (Fsp3) is 0.429. The van der Waals surface area contributed by atoms with E-state index in [0.717, 1.165) is 23.9 Å². The first-order chi connectivity index (χ1) is 12.7. The van der Waals surface area contributed by atoms with Gasteiger partial charge < -0.3 is 9.84 Å². The zero-order valence-electron chi connectivity index (χ0n) is 15.6. The molecule has 3 rings (SSSR count). The van der Waals surface area contributed by atoms with Crippen LogP contribution in [-0.4, -0.2) is 26.2 Å². The van der Waals surface area contributed by atoms with Crippen molar-refractivity contribution in [2.24, 2.45) is 0 Å². The Hall–Kier alpha value is -2.56. The molecule has 0 aliphatic heterocycles. The number of rotatable bonds is 9. The molecule has 0 spiro atoms. The molecule has 1 atom stereocenters. The van der Waals surface area contributed by atoms with Gasteiger partial charge >= 0.3 is 0 Å². The second-order valence-electron chi connectivity index (χ2n) is 6.63. The SMILES string of the molecule is CCCCCCC(CC)Oc1ccc(-n2nc3ccccc3n2)c(O)c1. The van der Waals surface area contributed by atoms with Crippen molar-refractivity contribution in [2.75, 3.05) is 0 Å². The molecule has 1 N–H and O–H groups in total. The molecular formula is C21H27N3O2. The van der Waals surface area contributed by atoms with E-state index in [4.69, 9.17) is 4.74 Å². The number of phenols is 1. The van der Waals surface area contributed by atoms with Gasteiger partial charge in [-0.2, -0.15) is 0 Å². The summed E-state index contributed by atoms with van der Waals surface area (Å²) in [5, 5.41) is 19.2. The minimum atomic E-state index is 0.114. The van der Waals surface area contributed by atoms with Gasteiger partial charge in [0.2, 0.25) is 0 Å². The zero-order valence-corrected chi connectivity index (χ0v) is 15.6. The molecular weight excluding hydrogens is 326 g/mol. The van der Waals surface area contributed by atoms with E-state index in [-0.39, 0.29) is 11.9 Å². The monoisotopic (exact) mass is 353 g/mol. The third kappa shape index (κ3) is 4.34. The van der Waals surface area contributed by atoms with Gasteiger partial charge in [0, 0.05) is 6.07 Å². The number of fused-ring (bicyclic) bond motifs is 1. The van der Waals surface area contributed by atoms with Crippen LogP contribution in [0.3, 0.4) is 0 Å². The first-order valence-corrected chi connectivity index (χ1v) is 9.53. The maximum atomic E-state index is 10.4. The number of unbranched alkanes of at least 4 members (excludes halogenated alkanes) is 3. The van der Waals surface area contributed by atoms with Crippen LogP contribution in [0.25, 0.3) is 16.7 Å². The van der Waals surface area contributed by atoms with Crippen LogP contribution in [0.15, 0.2) is 42.5 Å². The number of nitrogens with zero attached hydrogens (tertiary/aromatic N) is 3. The molecule has 0 aliphatic rings. The smallest absolute Gasteiger partial charge is 0.146 e. The predicted molar refractivity (Wildman–Crippen MR) is 104 cm³/mol. The van der Waals surface area contributed by atoms with E-state index >= 15 is 0 Å². The highest BCUT2D eigenvalue weighted by atomic mass is 16.5. The second kappa shape index (κ2) is 8.70. The Morgan fingerprint density at radius 3 is 2.35 bits per heavy atom. The molecule has 0 saturated heterocycles. The highest BCUT2D eigenvalue weighted by Gasteiger charge is 2.12. The Kier molecular flexibility index (Phi) is 6.10. The Balaban J connectivity index is 1.70. The Labute approximate surface area is 154 Å². The Morgan fingerprint density at radius 1 is 1.00 bits per heavy atom. The van der Waals surface area contributed by atoms with Gasteiger partial charge in [-0.1, -0.05) is 45.2 Å². The summed E-state index contributed by atoms with van der Waals surface area (Å²) < 4.78 is 6.06. The average Bonchev–Trinajstić information content (AvgIpc) is 3.08. The quantitative estimate of drug-likeness (QED) is 0.533. The van der Waals surface area contributed by atoms with E-state index in [9.17, 15) is 5.11 Å². The number of ether oxygens (including phenoxy) is 1. The van der Waals surface area contributed by atoms with Crippen LogP contribution in [0.2, 0.25) is 0 Å². The largest absolute Gasteiger partial charge is 0.505 e. The lowest BCUT2D eigenvalue weighted by molar-refractivity contribution is 0.182. The lowest BCUT2D eigenvalue weighted by atomic mass is 10.1. The van der Waals surface area contributed by atoms with Gasteiger partial charge in [-0.05, 0) is 43.5 Å². The summed E-state index contributed by atoms with van der Waals surface area (Å²) in [6.45, 7) is 4.35. The van der Waals surface area contributed by atoms with Gasteiger partial charge in [0.15, 0.2) is 0 Å². The molecule has 1 heterocycles. The first kappa shape index (κ1) is 18.2. The molecule has 26 heavy (non-hydrogen) atoms. The molecule has 0 radical (unpaired) electrons. The van der Waals surface area contributed by atoms with Crippen molar-refractivity contribution in [3.05, 3.63) is 42.5 Å². The zero-order chi connectivity index (χ0) is 18.4. The van der Waals surface area contributed by atoms with Crippen molar-refractivity contribution in [3.63, 3.8) is 0 Å². The molecule has 0 saturated carbocycles. The van der Waals surface area contributed by atoms with Crippen molar-refractivity contribution >= 4 is 11.0 Å². The molecule has 0 bridgehead atoms. The van der Waals surface area contributed by atoms with Gasteiger partial charge in [0.1, 0.15) is 28.2 Å². The van der Waals surface area contributed by atoms with Crippen molar-refractivity contribution in [3.8, 4) is 17.2 Å². The summed E-state index contributed by atoms with van der Waals surface area (Å²) >= 11 is 0. The molecule has 138 valence electrons. The van der Waals surface area contributed by atoms with Gasteiger partial charge in [0.05, 0.1) is 6.10 Å². The minimum Gasteiger partial charge on any atom is -0.505 e. The minimum absolute atomic E-state index is 0.114. The molecule has 1 aromatic heterocycles. The van der Waals surface area contributed by atoms with E-state index in [1.807, 2.05) is 30.3 Å². The van der Waals surface area contributed by atoms with Crippen molar-refractivity contribution in [1.29, 1.82) is 0 Å².